The fourth-order valence-electron chi connectivity index (χ4n) is 3.61. The molecule has 0 aliphatic carbocycles. The first-order valence-electron chi connectivity index (χ1n) is 11.0. The highest BCUT2D eigenvalue weighted by atomic mass is 32.2. The Morgan fingerprint density at radius 2 is 1.74 bits per heavy atom. The first-order chi connectivity index (χ1) is 16.7. The largest absolute Gasteiger partial charge is 0.493 e. The number of benzene rings is 2. The van der Waals surface area contributed by atoms with Crippen molar-refractivity contribution in [3.05, 3.63) is 59.4 Å². The predicted molar refractivity (Wildman–Crippen MR) is 132 cm³/mol. The van der Waals surface area contributed by atoms with Gasteiger partial charge < -0.3 is 19.8 Å². The van der Waals surface area contributed by atoms with E-state index in [0.717, 1.165) is 12.8 Å². The molecule has 0 atom stereocenters. The number of nitrogens with zero attached hydrogens (tertiary/aromatic N) is 4. The van der Waals surface area contributed by atoms with Crippen molar-refractivity contribution in [2.75, 3.05) is 17.9 Å². The van der Waals surface area contributed by atoms with Crippen LogP contribution in [0.15, 0.2) is 58.7 Å². The number of nitrogens with one attached hydrogen (secondary N) is 1. The second kappa shape index (κ2) is 9.84. The van der Waals surface area contributed by atoms with Gasteiger partial charge in [-0.15, -0.1) is 0 Å². The summed E-state index contributed by atoms with van der Waals surface area (Å²) < 4.78 is 44.8. The van der Waals surface area contributed by atoms with Gasteiger partial charge in [0.1, 0.15) is 11.5 Å². The molecular formula is C23H28N6O5S. The number of ether oxygens (including phenoxy) is 2. The minimum Gasteiger partial charge on any atom is -0.493 e. The van der Waals surface area contributed by atoms with Crippen LogP contribution in [0.25, 0.3) is 11.0 Å². The van der Waals surface area contributed by atoms with Crippen LogP contribution in [0.4, 0.5) is 5.69 Å². The Kier molecular flexibility index (Phi) is 6.85. The number of rotatable bonds is 10. The van der Waals surface area contributed by atoms with Crippen molar-refractivity contribution < 1.29 is 17.9 Å². The van der Waals surface area contributed by atoms with E-state index in [1.165, 1.54) is 26.2 Å². The zero-order chi connectivity index (χ0) is 25.2. The molecule has 0 saturated heterocycles. The summed E-state index contributed by atoms with van der Waals surface area (Å²) in [6.07, 6.45) is 4.49. The van der Waals surface area contributed by atoms with E-state index in [2.05, 4.69) is 9.71 Å². The van der Waals surface area contributed by atoms with Gasteiger partial charge in [0.05, 0.1) is 29.7 Å². The van der Waals surface area contributed by atoms with Crippen LogP contribution in [0.1, 0.15) is 12.8 Å². The van der Waals surface area contributed by atoms with E-state index in [1.54, 1.807) is 51.5 Å². The third kappa shape index (κ3) is 5.17. The van der Waals surface area contributed by atoms with Crippen LogP contribution in [-0.4, -0.2) is 40.3 Å². The number of aromatic nitrogens is 4. The Hall–Kier alpha value is -3.77. The molecule has 2 heterocycles. The summed E-state index contributed by atoms with van der Waals surface area (Å²) in [5.74, 6) is 1.28. The van der Waals surface area contributed by atoms with Gasteiger partial charge in [0, 0.05) is 39.5 Å². The van der Waals surface area contributed by atoms with Gasteiger partial charge in [-0.05, 0) is 37.6 Å². The first kappa shape index (κ1) is 24.4. The number of hydrogen-bond acceptors (Lipinski definition) is 7. The van der Waals surface area contributed by atoms with Gasteiger partial charge in [-0.1, -0.05) is 6.07 Å². The molecule has 0 fully saturated rings. The Balaban J connectivity index is 1.72. The highest BCUT2D eigenvalue weighted by molar-refractivity contribution is 7.92. The molecular weight excluding hydrogens is 472 g/mol. The number of unbranched alkanes of at least 4 members (excludes halogenated alkanes) is 1. The number of fused-ring (bicyclic) bond motifs is 1. The third-order valence-electron chi connectivity index (χ3n) is 5.47. The van der Waals surface area contributed by atoms with Crippen LogP contribution in [-0.2, 0) is 31.2 Å². The normalized spacial score (nSPS) is 11.7. The van der Waals surface area contributed by atoms with E-state index in [0.29, 0.717) is 35.7 Å². The van der Waals surface area contributed by atoms with Gasteiger partial charge >= 0.3 is 5.69 Å². The Morgan fingerprint density at radius 1 is 1.03 bits per heavy atom. The molecule has 0 radical (unpaired) electrons. The number of aryl methyl sites for hydroxylation is 3. The number of nitrogens with two attached hydrogens (primary N) is 1. The smallest absolute Gasteiger partial charge is 0.328 e. The Bertz CT molecular complexity index is 1520. The van der Waals surface area contributed by atoms with Crippen molar-refractivity contribution in [2.24, 2.45) is 26.9 Å². The number of anilines is 1. The minimum absolute atomic E-state index is 0.138. The van der Waals surface area contributed by atoms with Crippen LogP contribution in [0.5, 0.6) is 17.2 Å². The molecule has 0 unspecified atom stereocenters. The van der Waals surface area contributed by atoms with E-state index in [-0.39, 0.29) is 22.2 Å². The lowest BCUT2D eigenvalue weighted by atomic mass is 10.2. The molecule has 0 aliphatic heterocycles. The van der Waals surface area contributed by atoms with Crippen molar-refractivity contribution in [2.45, 2.75) is 17.9 Å². The number of hydrogen-bond donors (Lipinski definition) is 2. The second-order valence-electron chi connectivity index (χ2n) is 8.14. The average molecular weight is 501 g/mol. The Labute approximate surface area is 202 Å². The number of imidazole rings is 2. The summed E-state index contributed by atoms with van der Waals surface area (Å²) in [6.45, 7) is 1.13. The topological polar surface area (TPSA) is 135 Å². The first-order valence-corrected chi connectivity index (χ1v) is 12.5. The molecule has 186 valence electrons. The fourth-order valence-corrected chi connectivity index (χ4v) is 4.65. The lowest BCUT2D eigenvalue weighted by molar-refractivity contribution is 0.306. The maximum atomic E-state index is 13.0. The van der Waals surface area contributed by atoms with E-state index in [4.69, 9.17) is 15.2 Å². The summed E-state index contributed by atoms with van der Waals surface area (Å²) in [5.41, 5.74) is 6.57. The average Bonchev–Trinajstić information content (AvgIpc) is 3.36. The molecule has 0 spiro atoms. The van der Waals surface area contributed by atoms with E-state index >= 15 is 0 Å². The standard InChI is InChI=1S/C23H28N6O5S/c1-27-14-22(25-15-27)35(31,32)26-18-12-19-20(29(3)23(30)28(19)2)13-21(18)34-17-8-6-7-16(11-17)33-10-5-4-9-24/h6-8,11-15,26H,4-5,9-10,24H2,1-3H3. The van der Waals surface area contributed by atoms with E-state index < -0.39 is 10.0 Å². The highest BCUT2D eigenvalue weighted by Gasteiger charge is 2.22. The maximum absolute atomic E-state index is 13.0. The van der Waals surface area contributed by atoms with Crippen molar-refractivity contribution in [3.8, 4) is 17.2 Å². The summed E-state index contributed by atoms with van der Waals surface area (Å²) in [4.78, 5) is 16.4. The van der Waals surface area contributed by atoms with Crippen molar-refractivity contribution in [1.82, 2.24) is 18.7 Å². The predicted octanol–water partition coefficient (Wildman–Crippen LogP) is 2.32. The lowest BCUT2D eigenvalue weighted by Gasteiger charge is -2.14. The molecule has 3 N–H and O–H groups in total. The molecule has 4 aromatic rings. The van der Waals surface area contributed by atoms with Gasteiger partial charge in [0.25, 0.3) is 10.0 Å². The van der Waals surface area contributed by atoms with Crippen molar-refractivity contribution in [3.63, 3.8) is 0 Å². The second-order valence-corrected chi connectivity index (χ2v) is 9.77. The van der Waals surface area contributed by atoms with Crippen LogP contribution in [0, 0.1) is 0 Å². The molecule has 11 nitrogen and oxygen atoms in total. The molecule has 12 heteroatoms. The molecule has 0 amide bonds. The number of sulfonamides is 1. The van der Waals surface area contributed by atoms with Crippen LogP contribution < -0.4 is 25.6 Å². The lowest BCUT2D eigenvalue weighted by Crippen LogP contribution is -2.19. The molecule has 0 saturated carbocycles. The van der Waals surface area contributed by atoms with Crippen molar-refractivity contribution in [1.29, 1.82) is 0 Å². The maximum Gasteiger partial charge on any atom is 0.328 e. The molecule has 4 rings (SSSR count). The van der Waals surface area contributed by atoms with Crippen LogP contribution in [0.3, 0.4) is 0 Å². The zero-order valence-corrected chi connectivity index (χ0v) is 20.6. The van der Waals surface area contributed by atoms with Crippen molar-refractivity contribution >= 4 is 26.7 Å². The van der Waals surface area contributed by atoms with E-state index in [1.807, 2.05) is 6.07 Å². The summed E-state index contributed by atoms with van der Waals surface area (Å²) in [5, 5.41) is -0.138. The van der Waals surface area contributed by atoms with Crippen LogP contribution in [0.2, 0.25) is 0 Å². The van der Waals surface area contributed by atoms with Gasteiger partial charge in [-0.2, -0.15) is 8.42 Å². The Morgan fingerprint density at radius 3 is 2.43 bits per heavy atom. The van der Waals surface area contributed by atoms with Gasteiger partial charge in [0.15, 0.2) is 10.8 Å². The summed E-state index contributed by atoms with van der Waals surface area (Å²) >= 11 is 0. The third-order valence-corrected chi connectivity index (χ3v) is 6.72. The monoisotopic (exact) mass is 500 g/mol. The SMILES string of the molecule is Cn1cnc(S(=O)(=O)Nc2cc3c(cc2Oc2cccc(OCCCCN)c2)n(C)c(=O)n3C)c1. The van der Waals surface area contributed by atoms with Gasteiger partial charge in [-0.25, -0.2) is 9.78 Å². The quantitative estimate of drug-likeness (QED) is 0.319. The van der Waals surface area contributed by atoms with Crippen LogP contribution >= 0.6 is 0 Å². The fraction of sp³-hybridized carbons (Fsp3) is 0.304. The highest BCUT2D eigenvalue weighted by Crippen LogP contribution is 2.35. The van der Waals surface area contributed by atoms with Gasteiger partial charge in [-0.3, -0.25) is 13.9 Å². The molecule has 35 heavy (non-hydrogen) atoms. The van der Waals surface area contributed by atoms with Gasteiger partial charge in [0.2, 0.25) is 0 Å². The molecule has 0 bridgehead atoms. The minimum atomic E-state index is -4.01. The zero-order valence-electron chi connectivity index (χ0n) is 19.8. The molecule has 2 aromatic heterocycles. The molecule has 2 aromatic carbocycles. The molecule has 0 aliphatic rings. The summed E-state index contributed by atoms with van der Waals surface area (Å²) in [6, 6.07) is 10.2. The summed E-state index contributed by atoms with van der Waals surface area (Å²) in [7, 11) is 0.929. The van der Waals surface area contributed by atoms with E-state index in [9.17, 15) is 13.2 Å².